The Labute approximate surface area is 184 Å². The van der Waals surface area contributed by atoms with Crippen LogP contribution >= 0.6 is 15.9 Å². The van der Waals surface area contributed by atoms with Crippen molar-refractivity contribution in [2.24, 2.45) is 0 Å². The van der Waals surface area contributed by atoms with E-state index < -0.39 is 39.2 Å². The number of carbonyl (C=O) groups is 1. The first-order valence-corrected chi connectivity index (χ1v) is 11.4. The first kappa shape index (κ1) is 21.7. The molecule has 0 saturated carbocycles. The number of ether oxygens (including phenoxy) is 1. The highest BCUT2D eigenvalue weighted by Crippen LogP contribution is 2.33. The Morgan fingerprint density at radius 1 is 1.42 bits per heavy atom. The second kappa shape index (κ2) is 8.17. The Morgan fingerprint density at radius 2 is 2.19 bits per heavy atom. The number of pyridine rings is 1. The second-order valence-electron chi connectivity index (χ2n) is 6.94. The molecule has 0 bridgehead atoms. The highest BCUT2D eigenvalue weighted by atomic mass is 79.9. The first-order chi connectivity index (χ1) is 14.7. The van der Waals surface area contributed by atoms with E-state index in [0.29, 0.717) is 15.5 Å². The van der Waals surface area contributed by atoms with Gasteiger partial charge in [0.1, 0.15) is 23.1 Å². The van der Waals surface area contributed by atoms with E-state index in [-0.39, 0.29) is 30.8 Å². The molecule has 1 atom stereocenters. The number of halogens is 3. The summed E-state index contributed by atoms with van der Waals surface area (Å²) in [5.74, 6) is -1.87. The van der Waals surface area contributed by atoms with Crippen molar-refractivity contribution >= 4 is 48.6 Å². The van der Waals surface area contributed by atoms with Crippen molar-refractivity contribution in [3.8, 4) is 5.75 Å². The topological polar surface area (TPSA) is 104 Å². The van der Waals surface area contributed by atoms with Crippen molar-refractivity contribution in [2.45, 2.75) is 12.6 Å². The summed E-state index contributed by atoms with van der Waals surface area (Å²) in [7, 11) is -2.92. The zero-order valence-corrected chi connectivity index (χ0v) is 18.6. The van der Waals surface area contributed by atoms with Crippen LogP contribution in [0.4, 0.5) is 14.5 Å². The smallest absolute Gasteiger partial charge is 0.301 e. The highest BCUT2D eigenvalue weighted by molar-refractivity contribution is 9.10. The number of methoxy groups -OCH3 is 1. The molecule has 0 amide bonds. The minimum atomic E-state index is -4.20. The number of anilines is 1. The lowest BCUT2D eigenvalue weighted by molar-refractivity contribution is 0.103. The summed E-state index contributed by atoms with van der Waals surface area (Å²) in [6, 6.07) is 4.10. The number of nitrogens with zero attached hydrogens (tertiary/aromatic N) is 2. The third-order valence-corrected chi connectivity index (χ3v) is 6.89. The number of fused-ring (bicyclic) bond motifs is 1. The molecule has 3 aromatic rings. The van der Waals surface area contributed by atoms with Crippen LogP contribution in [0, 0.1) is 5.82 Å². The van der Waals surface area contributed by atoms with Crippen LogP contribution in [-0.4, -0.2) is 54.8 Å². The van der Waals surface area contributed by atoms with Gasteiger partial charge < -0.3 is 9.72 Å². The molecule has 0 radical (unpaired) electrons. The SMILES string of the molecule is COc1ccc(NS(=O)(=O)N2CC[C@@H](F)C2)c(F)c1C(=O)c1c[nH]c2ncc(Br)cc12. The molecule has 1 aromatic carbocycles. The first-order valence-electron chi connectivity index (χ1n) is 9.17. The molecule has 0 unspecified atom stereocenters. The van der Waals surface area contributed by atoms with Crippen molar-refractivity contribution < 1.29 is 26.7 Å². The maximum Gasteiger partial charge on any atom is 0.301 e. The fourth-order valence-corrected chi connectivity index (χ4v) is 5.03. The molecule has 1 aliphatic heterocycles. The van der Waals surface area contributed by atoms with Crippen LogP contribution in [0.2, 0.25) is 0 Å². The summed E-state index contributed by atoms with van der Waals surface area (Å²) in [6.07, 6.45) is 1.74. The average Bonchev–Trinajstić information content (AvgIpc) is 3.35. The fraction of sp³-hybridized carbons (Fsp3) is 0.263. The van der Waals surface area contributed by atoms with E-state index in [4.69, 9.17) is 4.74 Å². The van der Waals surface area contributed by atoms with Crippen LogP contribution in [0.3, 0.4) is 0 Å². The molecule has 0 aliphatic carbocycles. The van der Waals surface area contributed by atoms with Gasteiger partial charge in [0.15, 0.2) is 5.82 Å². The largest absolute Gasteiger partial charge is 0.496 e. The number of hydrogen-bond donors (Lipinski definition) is 2. The number of aromatic nitrogens is 2. The van der Waals surface area contributed by atoms with Gasteiger partial charge in [0.25, 0.3) is 0 Å². The van der Waals surface area contributed by atoms with Crippen LogP contribution in [0.1, 0.15) is 22.3 Å². The third-order valence-electron chi connectivity index (χ3n) is 4.97. The summed E-state index contributed by atoms with van der Waals surface area (Å²) < 4.78 is 62.6. The monoisotopic (exact) mass is 514 g/mol. The van der Waals surface area contributed by atoms with Crippen LogP contribution in [-0.2, 0) is 10.2 Å². The molecule has 12 heteroatoms. The third kappa shape index (κ3) is 4.02. The van der Waals surface area contributed by atoms with Crippen molar-refractivity contribution in [1.82, 2.24) is 14.3 Å². The number of ketones is 1. The molecule has 4 rings (SSSR count). The summed E-state index contributed by atoms with van der Waals surface area (Å²) in [6.45, 7) is -0.326. The van der Waals surface area contributed by atoms with Gasteiger partial charge in [-0.2, -0.15) is 12.7 Å². The zero-order valence-electron chi connectivity index (χ0n) is 16.2. The van der Waals surface area contributed by atoms with Gasteiger partial charge in [-0.25, -0.2) is 13.8 Å². The molecular weight excluding hydrogens is 498 g/mol. The Morgan fingerprint density at radius 3 is 2.87 bits per heavy atom. The van der Waals surface area contributed by atoms with E-state index in [1.807, 2.05) is 0 Å². The molecular formula is C19H17BrF2N4O4S. The summed E-state index contributed by atoms with van der Waals surface area (Å²) in [5.41, 5.74) is -0.308. The van der Waals surface area contributed by atoms with Crippen molar-refractivity contribution in [3.05, 3.63) is 52.0 Å². The summed E-state index contributed by atoms with van der Waals surface area (Å²) in [4.78, 5) is 20.2. The minimum Gasteiger partial charge on any atom is -0.496 e. The van der Waals surface area contributed by atoms with E-state index in [9.17, 15) is 17.6 Å². The highest BCUT2D eigenvalue weighted by Gasteiger charge is 2.33. The maximum absolute atomic E-state index is 15.4. The van der Waals surface area contributed by atoms with Gasteiger partial charge in [0.2, 0.25) is 5.78 Å². The maximum atomic E-state index is 15.4. The van der Waals surface area contributed by atoms with Gasteiger partial charge in [-0.3, -0.25) is 9.52 Å². The number of benzene rings is 1. The predicted octanol–water partition coefficient (Wildman–Crippen LogP) is 3.40. The Hall–Kier alpha value is -2.57. The Kier molecular flexibility index (Phi) is 5.71. The number of alkyl halides is 1. The van der Waals surface area contributed by atoms with Crippen molar-refractivity contribution in [3.63, 3.8) is 0 Å². The molecule has 1 fully saturated rings. The fourth-order valence-electron chi connectivity index (χ4n) is 3.43. The van der Waals surface area contributed by atoms with Crippen LogP contribution < -0.4 is 9.46 Å². The number of H-pyrrole nitrogens is 1. The number of rotatable bonds is 6. The molecule has 0 spiro atoms. The van der Waals surface area contributed by atoms with E-state index in [1.165, 1.54) is 19.4 Å². The standard InChI is InChI=1S/C19H17BrF2N4O4S/c1-30-15-3-2-14(25-31(28,29)26-5-4-11(21)9-26)17(22)16(15)18(27)13-8-24-19-12(13)6-10(20)7-23-19/h2-3,6-8,11,25H,4-5,9H2,1H3,(H,23,24)/t11-/m1/s1. The van der Waals surface area contributed by atoms with Gasteiger partial charge in [0, 0.05) is 40.9 Å². The lowest BCUT2D eigenvalue weighted by atomic mass is 10.0. The minimum absolute atomic E-state index is 0.0166. The lowest BCUT2D eigenvalue weighted by Gasteiger charge is -2.18. The van der Waals surface area contributed by atoms with E-state index in [1.54, 1.807) is 12.3 Å². The summed E-state index contributed by atoms with van der Waals surface area (Å²) in [5, 5.41) is 0.456. The molecule has 3 heterocycles. The Balaban J connectivity index is 1.75. The number of nitrogens with one attached hydrogen (secondary N) is 2. The number of hydrogen-bond acceptors (Lipinski definition) is 5. The van der Waals surface area contributed by atoms with Gasteiger partial charge in [-0.05, 0) is 40.5 Å². The normalized spacial score (nSPS) is 17.2. The van der Waals surface area contributed by atoms with Gasteiger partial charge in [-0.15, -0.1) is 0 Å². The number of carbonyl (C=O) groups excluding carboxylic acids is 1. The van der Waals surface area contributed by atoms with Crippen LogP contribution in [0.15, 0.2) is 35.1 Å². The molecule has 2 N–H and O–H groups in total. The molecule has 1 saturated heterocycles. The summed E-state index contributed by atoms with van der Waals surface area (Å²) >= 11 is 3.29. The van der Waals surface area contributed by atoms with E-state index in [2.05, 4.69) is 30.6 Å². The van der Waals surface area contributed by atoms with Crippen molar-refractivity contribution in [1.29, 1.82) is 0 Å². The molecule has 31 heavy (non-hydrogen) atoms. The Bertz CT molecular complexity index is 1280. The quantitative estimate of drug-likeness (QED) is 0.490. The molecule has 2 aromatic heterocycles. The molecule has 1 aliphatic rings. The molecule has 8 nitrogen and oxygen atoms in total. The predicted molar refractivity (Wildman–Crippen MR) is 114 cm³/mol. The van der Waals surface area contributed by atoms with E-state index >= 15 is 4.39 Å². The van der Waals surface area contributed by atoms with Gasteiger partial charge in [-0.1, -0.05) is 0 Å². The van der Waals surface area contributed by atoms with Crippen LogP contribution in [0.25, 0.3) is 11.0 Å². The van der Waals surface area contributed by atoms with E-state index in [0.717, 1.165) is 10.4 Å². The van der Waals surface area contributed by atoms with Gasteiger partial charge in [0.05, 0.1) is 12.8 Å². The lowest BCUT2D eigenvalue weighted by Crippen LogP contribution is -2.34. The zero-order chi connectivity index (χ0) is 22.3. The second-order valence-corrected chi connectivity index (χ2v) is 9.52. The number of aromatic amines is 1. The average molecular weight is 515 g/mol. The van der Waals surface area contributed by atoms with Crippen molar-refractivity contribution in [2.75, 3.05) is 24.9 Å². The van der Waals surface area contributed by atoms with Gasteiger partial charge >= 0.3 is 10.2 Å². The van der Waals surface area contributed by atoms with Crippen LogP contribution in [0.5, 0.6) is 5.75 Å². The molecule has 164 valence electrons.